The maximum Gasteiger partial charge on any atom is 0.308 e. The van der Waals surface area contributed by atoms with Gasteiger partial charge < -0.3 is 10.8 Å². The normalized spacial score (nSPS) is 13.4. The average Bonchev–Trinajstić information content (AvgIpc) is 2.35. The largest absolute Gasteiger partial charge is 0.870 e. The second-order valence-corrected chi connectivity index (χ2v) is 5.12. The smallest absolute Gasteiger partial charge is 0.308 e. The Morgan fingerprint density at radius 1 is 1.11 bits per heavy atom. The Bertz CT molecular complexity index is 735. The molecular weight excluding hydrogens is 254 g/mol. The Morgan fingerprint density at radius 2 is 1.72 bits per heavy atom. The van der Waals surface area contributed by atoms with Gasteiger partial charge in [0.15, 0.2) is 0 Å². The van der Waals surface area contributed by atoms with Gasteiger partial charge in [-0.05, 0) is 22.4 Å². The lowest BCUT2D eigenvalue weighted by atomic mass is 10.1. The highest BCUT2D eigenvalue weighted by atomic mass is 32.2. The van der Waals surface area contributed by atoms with Gasteiger partial charge in [0.25, 0.3) is 0 Å². The molecule has 0 atom stereocenters. The molecule has 18 heavy (non-hydrogen) atoms. The van der Waals surface area contributed by atoms with Crippen molar-refractivity contribution in [3.8, 4) is 0 Å². The molecule has 0 aliphatic rings. The van der Waals surface area contributed by atoms with Crippen LogP contribution in [0.5, 0.6) is 0 Å². The van der Waals surface area contributed by atoms with Crippen LogP contribution in [0.1, 0.15) is 5.56 Å². The zero-order valence-electron chi connectivity index (χ0n) is 9.20. The molecule has 5 nitrogen and oxygen atoms in total. The fraction of sp³-hybridized carbons (Fsp3) is 0. The van der Waals surface area contributed by atoms with Crippen LogP contribution in [0.4, 0.5) is 0 Å². The van der Waals surface area contributed by atoms with Gasteiger partial charge in [-0.25, -0.2) is 0 Å². The first-order chi connectivity index (χ1) is 8.39. The Labute approximate surface area is 104 Å². The van der Waals surface area contributed by atoms with E-state index < -0.39 is 20.9 Å². The summed E-state index contributed by atoms with van der Waals surface area (Å²) in [4.78, 5) is 0. The SMILES string of the molecule is N/C(=C(/[O-])c1ccc2ccccc2c1)S(=O)(=O)O. The number of benzene rings is 2. The molecule has 3 N–H and O–H groups in total. The van der Waals surface area contributed by atoms with E-state index in [1.807, 2.05) is 12.1 Å². The zero-order valence-corrected chi connectivity index (χ0v) is 10.0. The molecule has 0 radical (unpaired) electrons. The zero-order chi connectivity index (χ0) is 13.3. The highest BCUT2D eigenvalue weighted by molar-refractivity contribution is 7.89. The predicted molar refractivity (Wildman–Crippen MR) is 66.6 cm³/mol. The molecule has 94 valence electrons. The molecule has 0 aliphatic carbocycles. The summed E-state index contributed by atoms with van der Waals surface area (Å²) in [6.45, 7) is 0. The molecule has 2 aromatic rings. The van der Waals surface area contributed by atoms with Crippen LogP contribution in [0.2, 0.25) is 0 Å². The van der Waals surface area contributed by atoms with E-state index in [0.29, 0.717) is 0 Å². The Balaban J connectivity index is 2.62. The summed E-state index contributed by atoms with van der Waals surface area (Å²) in [6.07, 6.45) is 0. The maximum absolute atomic E-state index is 11.7. The van der Waals surface area contributed by atoms with E-state index >= 15 is 0 Å². The van der Waals surface area contributed by atoms with Gasteiger partial charge in [0, 0.05) is 0 Å². The summed E-state index contributed by atoms with van der Waals surface area (Å²) >= 11 is 0. The van der Waals surface area contributed by atoms with E-state index in [2.05, 4.69) is 0 Å². The topological polar surface area (TPSA) is 103 Å². The van der Waals surface area contributed by atoms with Crippen molar-refractivity contribution < 1.29 is 18.1 Å². The molecule has 0 bridgehead atoms. The van der Waals surface area contributed by atoms with Gasteiger partial charge >= 0.3 is 10.1 Å². The second kappa shape index (κ2) is 4.32. The molecule has 0 spiro atoms. The summed E-state index contributed by atoms with van der Waals surface area (Å²) in [5, 5.41) is 12.4. The lowest BCUT2D eigenvalue weighted by Crippen LogP contribution is -2.19. The number of hydrogen-bond donors (Lipinski definition) is 2. The van der Waals surface area contributed by atoms with E-state index in [1.54, 1.807) is 18.2 Å². The van der Waals surface area contributed by atoms with Crippen molar-refractivity contribution >= 4 is 26.6 Å². The second-order valence-electron chi connectivity index (χ2n) is 3.73. The summed E-state index contributed by atoms with van der Waals surface area (Å²) in [5.74, 6) is -0.914. The van der Waals surface area contributed by atoms with Crippen molar-refractivity contribution in [1.29, 1.82) is 0 Å². The third kappa shape index (κ3) is 2.29. The maximum atomic E-state index is 11.7. The number of fused-ring (bicyclic) bond motifs is 1. The third-order valence-corrected chi connectivity index (χ3v) is 3.25. The molecule has 0 amide bonds. The monoisotopic (exact) mass is 264 g/mol. The van der Waals surface area contributed by atoms with Crippen LogP contribution in [0.15, 0.2) is 47.5 Å². The first kappa shape index (κ1) is 12.4. The van der Waals surface area contributed by atoms with Gasteiger partial charge in [-0.3, -0.25) is 4.55 Å². The summed E-state index contributed by atoms with van der Waals surface area (Å²) < 4.78 is 30.3. The number of nitrogens with two attached hydrogens (primary N) is 1. The van der Waals surface area contributed by atoms with Gasteiger partial charge in [0.05, 0.1) is 0 Å². The highest BCUT2D eigenvalue weighted by Gasteiger charge is 2.11. The van der Waals surface area contributed by atoms with Gasteiger partial charge in [-0.15, -0.1) is 0 Å². The summed E-state index contributed by atoms with van der Waals surface area (Å²) in [6, 6.07) is 12.0. The Morgan fingerprint density at radius 3 is 2.33 bits per heavy atom. The number of hydrogen-bond acceptors (Lipinski definition) is 4. The van der Waals surface area contributed by atoms with E-state index in [0.717, 1.165) is 10.8 Å². The van der Waals surface area contributed by atoms with Crippen LogP contribution in [-0.4, -0.2) is 13.0 Å². The molecule has 0 unspecified atom stereocenters. The minimum Gasteiger partial charge on any atom is -0.870 e. The van der Waals surface area contributed by atoms with Crippen molar-refractivity contribution in [3.63, 3.8) is 0 Å². The fourth-order valence-corrected chi connectivity index (χ4v) is 1.94. The summed E-state index contributed by atoms with van der Waals surface area (Å²) in [7, 11) is -4.66. The quantitative estimate of drug-likeness (QED) is 0.613. The third-order valence-electron chi connectivity index (χ3n) is 2.51. The van der Waals surface area contributed by atoms with E-state index in [-0.39, 0.29) is 5.56 Å². The molecule has 0 saturated heterocycles. The molecule has 2 rings (SSSR count). The van der Waals surface area contributed by atoms with E-state index in [4.69, 9.17) is 10.3 Å². The van der Waals surface area contributed by atoms with Crippen LogP contribution in [0.3, 0.4) is 0 Å². The molecule has 6 heteroatoms. The van der Waals surface area contributed by atoms with Crippen LogP contribution >= 0.6 is 0 Å². The van der Waals surface area contributed by atoms with Crippen LogP contribution in [0, 0.1) is 0 Å². The van der Waals surface area contributed by atoms with E-state index in [9.17, 15) is 13.5 Å². The molecule has 0 aliphatic heterocycles. The van der Waals surface area contributed by atoms with E-state index in [1.165, 1.54) is 12.1 Å². The molecular formula is C12H10NO4S-. The van der Waals surface area contributed by atoms with Crippen molar-refractivity contribution in [2.75, 3.05) is 0 Å². The standard InChI is InChI=1S/C12H11NO4S/c13-12(18(15,16)17)11(14)10-6-5-8-3-1-2-4-9(8)7-10/h1-7,14H,13H2,(H,15,16,17)/p-1/b12-11-. The van der Waals surface area contributed by atoms with Gasteiger partial charge in [-0.1, -0.05) is 42.2 Å². The lowest BCUT2D eigenvalue weighted by Gasteiger charge is -2.15. The highest BCUT2D eigenvalue weighted by Crippen LogP contribution is 2.20. The average molecular weight is 264 g/mol. The fourth-order valence-electron chi connectivity index (χ4n) is 1.59. The van der Waals surface area contributed by atoms with Gasteiger partial charge in [0.2, 0.25) is 0 Å². The molecule has 0 fully saturated rings. The van der Waals surface area contributed by atoms with Crippen molar-refractivity contribution in [1.82, 2.24) is 0 Å². The van der Waals surface area contributed by atoms with Crippen molar-refractivity contribution in [3.05, 3.63) is 53.1 Å². The number of rotatable bonds is 2. The van der Waals surface area contributed by atoms with Crippen LogP contribution in [-0.2, 0) is 10.1 Å². The first-order valence-corrected chi connectivity index (χ1v) is 6.47. The molecule has 0 saturated carbocycles. The lowest BCUT2D eigenvalue weighted by molar-refractivity contribution is -0.244. The minimum atomic E-state index is -4.66. The van der Waals surface area contributed by atoms with Crippen LogP contribution < -0.4 is 10.8 Å². The van der Waals surface area contributed by atoms with Crippen molar-refractivity contribution in [2.24, 2.45) is 5.73 Å². The molecule has 0 heterocycles. The molecule has 2 aromatic carbocycles. The Hall–Kier alpha value is -2.05. The van der Waals surface area contributed by atoms with Gasteiger partial charge in [0.1, 0.15) is 5.03 Å². The van der Waals surface area contributed by atoms with Crippen molar-refractivity contribution in [2.45, 2.75) is 0 Å². The van der Waals surface area contributed by atoms with Crippen LogP contribution in [0.25, 0.3) is 16.5 Å². The molecule has 0 aromatic heterocycles. The predicted octanol–water partition coefficient (Wildman–Crippen LogP) is 0.673. The minimum absolute atomic E-state index is 0.115. The summed E-state index contributed by atoms with van der Waals surface area (Å²) in [5.41, 5.74) is 5.21. The first-order valence-electron chi connectivity index (χ1n) is 5.03. The van der Waals surface area contributed by atoms with Gasteiger partial charge in [-0.2, -0.15) is 8.42 Å². The Kier molecular flexibility index (Phi) is 2.98.